The minimum atomic E-state index is -0.122. The smallest absolute Gasteiger partial charge is 0.309 e. The van der Waals surface area contributed by atoms with Crippen LogP contribution in [0.1, 0.15) is 57.6 Å². The van der Waals surface area contributed by atoms with Crippen LogP contribution in [0.4, 0.5) is 0 Å². The first-order chi connectivity index (χ1) is 14.1. The first-order valence-corrected chi connectivity index (χ1v) is 10.7. The molecule has 2 saturated carbocycles. The van der Waals surface area contributed by atoms with Gasteiger partial charge in [0.05, 0.1) is 25.3 Å². The predicted molar refractivity (Wildman–Crippen MR) is 109 cm³/mol. The Labute approximate surface area is 172 Å². The number of hydrogen-bond donors (Lipinski definition) is 0. The fourth-order valence-electron chi connectivity index (χ4n) is 4.14. The van der Waals surface area contributed by atoms with E-state index in [4.69, 9.17) is 9.47 Å². The summed E-state index contributed by atoms with van der Waals surface area (Å²) in [5, 5.41) is 8.27. The molecule has 0 aromatic carbocycles. The summed E-state index contributed by atoms with van der Waals surface area (Å²) in [5.41, 5.74) is 2.89. The molecule has 2 fully saturated rings. The molecule has 6 heteroatoms. The van der Waals surface area contributed by atoms with Crippen molar-refractivity contribution < 1.29 is 14.3 Å². The maximum atomic E-state index is 11.9. The van der Waals surface area contributed by atoms with E-state index in [1.807, 2.05) is 25.1 Å². The molecular weight excluding hydrogens is 366 g/mol. The lowest BCUT2D eigenvalue weighted by molar-refractivity contribution is -0.144. The van der Waals surface area contributed by atoms with Crippen LogP contribution in [0, 0.1) is 17.8 Å². The highest BCUT2D eigenvalue weighted by Crippen LogP contribution is 2.48. The second-order valence-electron chi connectivity index (χ2n) is 8.39. The number of rotatable bonds is 7. The average molecular weight is 396 g/mol. The lowest BCUT2D eigenvalue weighted by Gasteiger charge is -2.25. The van der Waals surface area contributed by atoms with Crippen LogP contribution in [0.2, 0.25) is 0 Å². The van der Waals surface area contributed by atoms with Crippen LogP contribution in [0.3, 0.4) is 0 Å². The van der Waals surface area contributed by atoms with Crippen molar-refractivity contribution >= 4 is 5.97 Å². The van der Waals surface area contributed by atoms with Crippen molar-refractivity contribution in [2.24, 2.45) is 17.8 Å². The Balaban J connectivity index is 1.40. The quantitative estimate of drug-likeness (QED) is 0.647. The molecule has 4 rings (SSSR count). The zero-order chi connectivity index (χ0) is 20.2. The Morgan fingerprint density at radius 3 is 2.79 bits per heavy atom. The van der Waals surface area contributed by atoms with Crippen LogP contribution >= 0.6 is 0 Å². The highest BCUT2D eigenvalue weighted by molar-refractivity contribution is 5.77. The number of esters is 1. The SMILES string of the molecule is CCOC(=O)[C@H]1C[C@@H]1c1cc(-c2cnnc(OCC3CCC(C)CC3)c2)ccn1. The van der Waals surface area contributed by atoms with Crippen LogP contribution in [0.25, 0.3) is 11.1 Å². The third-order valence-corrected chi connectivity index (χ3v) is 6.11. The van der Waals surface area contributed by atoms with Crippen molar-refractivity contribution in [1.82, 2.24) is 15.2 Å². The van der Waals surface area contributed by atoms with E-state index >= 15 is 0 Å². The van der Waals surface area contributed by atoms with Gasteiger partial charge < -0.3 is 9.47 Å². The Morgan fingerprint density at radius 1 is 1.17 bits per heavy atom. The molecule has 0 N–H and O–H groups in total. The van der Waals surface area contributed by atoms with Gasteiger partial charge in [-0.3, -0.25) is 9.78 Å². The molecule has 0 saturated heterocycles. The summed E-state index contributed by atoms with van der Waals surface area (Å²) in [6.07, 6.45) is 9.36. The van der Waals surface area contributed by atoms with Crippen molar-refractivity contribution in [1.29, 1.82) is 0 Å². The van der Waals surface area contributed by atoms with Gasteiger partial charge in [-0.25, -0.2) is 0 Å². The molecule has 0 unspecified atom stereocenters. The normalized spacial score (nSPS) is 26.0. The fraction of sp³-hybridized carbons (Fsp3) is 0.565. The molecule has 2 aromatic rings. The van der Waals surface area contributed by atoms with Gasteiger partial charge in [-0.05, 0) is 55.7 Å². The van der Waals surface area contributed by atoms with Crippen LogP contribution in [-0.2, 0) is 9.53 Å². The fourth-order valence-corrected chi connectivity index (χ4v) is 4.14. The summed E-state index contributed by atoms with van der Waals surface area (Å²) >= 11 is 0. The zero-order valence-corrected chi connectivity index (χ0v) is 17.2. The average Bonchev–Trinajstić information content (AvgIpc) is 3.55. The van der Waals surface area contributed by atoms with Crippen LogP contribution in [-0.4, -0.2) is 34.4 Å². The minimum Gasteiger partial charge on any atom is -0.476 e. The number of carbonyl (C=O) groups excluding carboxylic acids is 1. The van der Waals surface area contributed by atoms with Gasteiger partial charge in [0.2, 0.25) is 5.88 Å². The first kappa shape index (κ1) is 19.8. The Kier molecular flexibility index (Phi) is 6.07. The molecule has 0 spiro atoms. The molecule has 0 amide bonds. The largest absolute Gasteiger partial charge is 0.476 e. The van der Waals surface area contributed by atoms with E-state index in [1.165, 1.54) is 25.7 Å². The molecule has 154 valence electrons. The van der Waals surface area contributed by atoms with Crippen molar-refractivity contribution in [2.75, 3.05) is 13.2 Å². The Bertz CT molecular complexity index is 849. The van der Waals surface area contributed by atoms with Gasteiger partial charge in [0.15, 0.2) is 0 Å². The van der Waals surface area contributed by atoms with Crippen molar-refractivity contribution in [2.45, 2.75) is 51.9 Å². The highest BCUT2D eigenvalue weighted by atomic mass is 16.5. The first-order valence-electron chi connectivity index (χ1n) is 10.7. The van der Waals surface area contributed by atoms with E-state index in [0.717, 1.165) is 29.2 Å². The third kappa shape index (κ3) is 4.92. The monoisotopic (exact) mass is 395 g/mol. The van der Waals surface area contributed by atoms with E-state index in [9.17, 15) is 4.79 Å². The summed E-state index contributed by atoms with van der Waals surface area (Å²) < 4.78 is 11.1. The van der Waals surface area contributed by atoms with Gasteiger partial charge in [0, 0.05) is 29.4 Å². The number of pyridine rings is 1. The molecule has 0 radical (unpaired) electrons. The maximum Gasteiger partial charge on any atom is 0.309 e. The summed E-state index contributed by atoms with van der Waals surface area (Å²) in [4.78, 5) is 16.4. The Hall–Kier alpha value is -2.50. The molecule has 2 aliphatic carbocycles. The van der Waals surface area contributed by atoms with E-state index in [2.05, 4.69) is 22.1 Å². The molecule has 2 atom stereocenters. The van der Waals surface area contributed by atoms with Crippen molar-refractivity contribution in [3.05, 3.63) is 36.3 Å². The lowest BCUT2D eigenvalue weighted by atomic mass is 9.83. The lowest BCUT2D eigenvalue weighted by Crippen LogP contribution is -2.19. The number of hydrogen-bond acceptors (Lipinski definition) is 6. The zero-order valence-electron chi connectivity index (χ0n) is 17.2. The molecule has 0 aliphatic heterocycles. The molecule has 29 heavy (non-hydrogen) atoms. The molecule has 2 aliphatic rings. The summed E-state index contributed by atoms with van der Waals surface area (Å²) in [7, 11) is 0. The topological polar surface area (TPSA) is 74.2 Å². The minimum absolute atomic E-state index is 0.0645. The number of nitrogens with zero attached hydrogens (tertiary/aromatic N) is 3. The summed E-state index contributed by atoms with van der Waals surface area (Å²) in [6, 6.07) is 5.93. The van der Waals surface area contributed by atoms with Gasteiger partial charge in [-0.1, -0.05) is 19.8 Å². The summed E-state index contributed by atoms with van der Waals surface area (Å²) in [5.74, 6) is 1.97. The third-order valence-electron chi connectivity index (χ3n) is 6.11. The maximum absolute atomic E-state index is 11.9. The second-order valence-corrected chi connectivity index (χ2v) is 8.39. The predicted octanol–water partition coefficient (Wildman–Crippen LogP) is 4.41. The number of aromatic nitrogens is 3. The van der Waals surface area contributed by atoms with Gasteiger partial charge in [-0.15, -0.1) is 5.10 Å². The summed E-state index contributed by atoms with van der Waals surface area (Å²) in [6.45, 7) is 5.28. The van der Waals surface area contributed by atoms with Crippen molar-refractivity contribution in [3.63, 3.8) is 0 Å². The van der Waals surface area contributed by atoms with E-state index in [0.29, 0.717) is 25.0 Å². The Morgan fingerprint density at radius 2 is 2.00 bits per heavy atom. The van der Waals surface area contributed by atoms with Gasteiger partial charge in [0.1, 0.15) is 0 Å². The standard InChI is InChI=1S/C23H29N3O3/c1-3-28-23(27)20-12-19(20)21-10-17(8-9-24-21)18-11-22(26-25-13-18)29-14-16-6-4-15(2)5-7-16/h8-11,13,15-16,19-20H,3-7,12,14H2,1-2H3/t15?,16?,19-,20-/m0/s1. The molecule has 6 nitrogen and oxygen atoms in total. The van der Waals surface area contributed by atoms with Crippen LogP contribution in [0.15, 0.2) is 30.6 Å². The van der Waals surface area contributed by atoms with Gasteiger partial charge in [-0.2, -0.15) is 5.10 Å². The van der Waals surface area contributed by atoms with E-state index in [1.54, 1.807) is 12.4 Å². The van der Waals surface area contributed by atoms with Crippen LogP contribution < -0.4 is 4.74 Å². The van der Waals surface area contributed by atoms with Gasteiger partial charge in [0.25, 0.3) is 0 Å². The van der Waals surface area contributed by atoms with E-state index < -0.39 is 0 Å². The molecular formula is C23H29N3O3. The highest BCUT2D eigenvalue weighted by Gasteiger charge is 2.46. The van der Waals surface area contributed by atoms with E-state index in [-0.39, 0.29) is 17.8 Å². The molecule has 2 heterocycles. The molecule has 2 aromatic heterocycles. The van der Waals surface area contributed by atoms with Crippen molar-refractivity contribution in [3.8, 4) is 17.0 Å². The second kappa shape index (κ2) is 8.89. The number of carbonyl (C=O) groups is 1. The van der Waals surface area contributed by atoms with Gasteiger partial charge >= 0.3 is 5.97 Å². The van der Waals surface area contributed by atoms with Crippen LogP contribution in [0.5, 0.6) is 5.88 Å². The number of ether oxygens (including phenoxy) is 2. The molecule has 0 bridgehead atoms.